The number of rotatable bonds is 11. The molecule has 9 heteroatoms. The van der Waals surface area contributed by atoms with E-state index in [1.807, 2.05) is 11.4 Å². The average Bonchev–Trinajstić information content (AvgIpc) is 3.33. The molecular weight excluding hydrogens is 404 g/mol. The summed E-state index contributed by atoms with van der Waals surface area (Å²) in [6, 6.07) is 6.93. The second kappa shape index (κ2) is 10.1. The van der Waals surface area contributed by atoms with Gasteiger partial charge in [-0.1, -0.05) is 19.9 Å². The molecule has 0 fully saturated rings. The predicted octanol–water partition coefficient (Wildman–Crippen LogP) is 3.51. The maximum Gasteiger partial charge on any atom is 0.252 e. The molecule has 148 valence electrons. The van der Waals surface area contributed by atoms with E-state index in [-0.39, 0.29) is 28.9 Å². The second-order valence-electron chi connectivity index (χ2n) is 5.84. The zero-order chi connectivity index (χ0) is 19.9. The molecule has 0 aliphatic heterocycles. The zero-order valence-electron chi connectivity index (χ0n) is 15.4. The Kier molecular flexibility index (Phi) is 8.15. The first-order chi connectivity index (χ1) is 12.9. The quantitative estimate of drug-likeness (QED) is 0.555. The summed E-state index contributed by atoms with van der Waals surface area (Å²) in [5.41, 5.74) is 0. The fourth-order valence-corrected chi connectivity index (χ4v) is 6.13. The third-order valence-corrected chi connectivity index (χ3v) is 8.51. The molecule has 2 heterocycles. The molecular formula is C18H24N2O4S3. The highest BCUT2D eigenvalue weighted by molar-refractivity contribution is 7.91. The molecule has 6 nitrogen and oxygen atoms in total. The van der Waals surface area contributed by atoms with Crippen LogP contribution in [0.1, 0.15) is 47.7 Å². The molecule has 27 heavy (non-hydrogen) atoms. The van der Waals surface area contributed by atoms with E-state index in [1.54, 1.807) is 32.0 Å². The Morgan fingerprint density at radius 2 is 1.85 bits per heavy atom. The highest BCUT2D eigenvalue weighted by Crippen LogP contribution is 2.24. The van der Waals surface area contributed by atoms with Crippen molar-refractivity contribution >= 4 is 44.4 Å². The number of nitrogens with one attached hydrogen (secondary N) is 1. The van der Waals surface area contributed by atoms with Crippen LogP contribution in [0.5, 0.6) is 0 Å². The van der Waals surface area contributed by atoms with Crippen molar-refractivity contribution in [2.45, 2.75) is 43.9 Å². The maximum absolute atomic E-state index is 12.5. The second-order valence-corrected chi connectivity index (χ2v) is 10.1. The summed E-state index contributed by atoms with van der Waals surface area (Å²) in [4.78, 5) is 25.3. The van der Waals surface area contributed by atoms with Gasteiger partial charge in [0.1, 0.15) is 4.21 Å². The normalized spacial score (nSPS) is 11.7. The molecule has 0 saturated heterocycles. The largest absolute Gasteiger partial charge is 0.351 e. The van der Waals surface area contributed by atoms with E-state index in [4.69, 9.17) is 0 Å². The van der Waals surface area contributed by atoms with Crippen molar-refractivity contribution in [3.8, 4) is 0 Å². The van der Waals surface area contributed by atoms with Crippen molar-refractivity contribution in [2.24, 2.45) is 0 Å². The molecule has 1 N–H and O–H groups in total. The van der Waals surface area contributed by atoms with Gasteiger partial charge >= 0.3 is 0 Å². The van der Waals surface area contributed by atoms with E-state index in [9.17, 15) is 18.0 Å². The number of ketones is 1. The van der Waals surface area contributed by atoms with Gasteiger partial charge in [-0.05, 0) is 30.0 Å². The Morgan fingerprint density at radius 1 is 1.11 bits per heavy atom. The van der Waals surface area contributed by atoms with Crippen LogP contribution < -0.4 is 5.32 Å². The van der Waals surface area contributed by atoms with Gasteiger partial charge in [-0.2, -0.15) is 4.31 Å². The Hall–Kier alpha value is -1.55. The topological polar surface area (TPSA) is 83.6 Å². The lowest BCUT2D eigenvalue weighted by molar-refractivity contribution is -0.121. The molecule has 1 amide bonds. The minimum atomic E-state index is -3.46. The van der Waals surface area contributed by atoms with E-state index in [1.165, 1.54) is 27.0 Å². The van der Waals surface area contributed by atoms with E-state index < -0.39 is 10.0 Å². The number of hydrogen-bond acceptors (Lipinski definition) is 6. The first kappa shape index (κ1) is 21.7. The van der Waals surface area contributed by atoms with Crippen LogP contribution in [0.3, 0.4) is 0 Å². The van der Waals surface area contributed by atoms with E-state index >= 15 is 0 Å². The van der Waals surface area contributed by atoms with Gasteiger partial charge in [0.05, 0.1) is 11.4 Å². The fourth-order valence-electron chi connectivity index (χ4n) is 2.53. The van der Waals surface area contributed by atoms with Crippen LogP contribution in [-0.2, 0) is 21.4 Å². The van der Waals surface area contributed by atoms with Crippen LogP contribution >= 0.6 is 22.7 Å². The Labute approximate surface area is 168 Å². The number of Topliss-reactive ketones (excluding diaryl/α,β-unsaturated/α-hetero) is 1. The molecule has 2 aromatic heterocycles. The molecule has 2 rings (SSSR count). The molecule has 0 atom stereocenters. The summed E-state index contributed by atoms with van der Waals surface area (Å²) in [5.74, 6) is -0.0853. The molecule has 0 aromatic carbocycles. The Bertz CT molecular complexity index is 853. The third kappa shape index (κ3) is 5.97. The smallest absolute Gasteiger partial charge is 0.252 e. The van der Waals surface area contributed by atoms with Gasteiger partial charge in [-0.3, -0.25) is 9.59 Å². The standard InChI is InChI=1S/C18H24N2O4S3/c1-3-20(4-2)27(23,24)18-11-10-14(26-18)13-19-17(22)9-5-7-15(21)16-8-6-12-25-16/h6,8,10-12H,3-5,7,9,13H2,1-2H3,(H,19,22). The molecule has 0 aliphatic rings. The molecule has 0 aliphatic carbocycles. The predicted molar refractivity (Wildman–Crippen MR) is 109 cm³/mol. The highest BCUT2D eigenvalue weighted by Gasteiger charge is 2.23. The van der Waals surface area contributed by atoms with Gasteiger partial charge in [-0.25, -0.2) is 8.42 Å². The zero-order valence-corrected chi connectivity index (χ0v) is 17.9. The monoisotopic (exact) mass is 428 g/mol. The summed E-state index contributed by atoms with van der Waals surface area (Å²) in [6.07, 6.45) is 1.11. The molecule has 0 spiro atoms. The van der Waals surface area contributed by atoms with Gasteiger partial charge in [0.15, 0.2) is 5.78 Å². The fraction of sp³-hybridized carbons (Fsp3) is 0.444. The number of carbonyl (C=O) groups is 2. The molecule has 2 aromatic rings. The van der Waals surface area contributed by atoms with Gasteiger partial charge in [0.25, 0.3) is 10.0 Å². The van der Waals surface area contributed by atoms with Gasteiger partial charge < -0.3 is 5.32 Å². The van der Waals surface area contributed by atoms with Crippen molar-refractivity contribution in [2.75, 3.05) is 13.1 Å². The summed E-state index contributed by atoms with van der Waals surface area (Å²) < 4.78 is 26.6. The van der Waals surface area contributed by atoms with Crippen LogP contribution in [-0.4, -0.2) is 37.5 Å². The van der Waals surface area contributed by atoms with Crippen LogP contribution in [0.4, 0.5) is 0 Å². The number of thiophene rings is 2. The SMILES string of the molecule is CCN(CC)S(=O)(=O)c1ccc(CNC(=O)CCCC(=O)c2cccs2)s1. The van der Waals surface area contributed by atoms with E-state index in [0.29, 0.717) is 25.9 Å². The van der Waals surface area contributed by atoms with Crippen molar-refractivity contribution in [3.05, 3.63) is 39.4 Å². The number of nitrogens with zero attached hydrogens (tertiary/aromatic N) is 1. The van der Waals surface area contributed by atoms with E-state index in [2.05, 4.69) is 5.32 Å². The first-order valence-electron chi connectivity index (χ1n) is 8.80. The van der Waals surface area contributed by atoms with Gasteiger partial charge in [-0.15, -0.1) is 22.7 Å². The Morgan fingerprint density at radius 3 is 2.48 bits per heavy atom. The lowest BCUT2D eigenvalue weighted by Gasteiger charge is -2.16. The Balaban J connectivity index is 1.79. The van der Waals surface area contributed by atoms with Crippen molar-refractivity contribution < 1.29 is 18.0 Å². The van der Waals surface area contributed by atoms with Crippen LogP contribution in [0, 0.1) is 0 Å². The number of carbonyl (C=O) groups excluding carboxylic acids is 2. The maximum atomic E-state index is 12.5. The lowest BCUT2D eigenvalue weighted by Crippen LogP contribution is -2.29. The number of hydrogen-bond donors (Lipinski definition) is 1. The van der Waals surface area contributed by atoms with Crippen LogP contribution in [0.2, 0.25) is 0 Å². The first-order valence-corrected chi connectivity index (χ1v) is 11.9. The molecule has 0 unspecified atom stereocenters. The highest BCUT2D eigenvalue weighted by atomic mass is 32.2. The van der Waals surface area contributed by atoms with Gasteiger partial charge in [0, 0.05) is 30.8 Å². The molecule has 0 radical (unpaired) electrons. The van der Waals surface area contributed by atoms with Crippen LogP contribution in [0.15, 0.2) is 33.9 Å². The van der Waals surface area contributed by atoms with Crippen molar-refractivity contribution in [3.63, 3.8) is 0 Å². The summed E-state index contributed by atoms with van der Waals surface area (Å²) in [5, 5.41) is 4.64. The van der Waals surface area contributed by atoms with Crippen molar-refractivity contribution in [1.29, 1.82) is 0 Å². The van der Waals surface area contributed by atoms with Crippen molar-refractivity contribution in [1.82, 2.24) is 9.62 Å². The van der Waals surface area contributed by atoms with Crippen LogP contribution in [0.25, 0.3) is 0 Å². The average molecular weight is 429 g/mol. The summed E-state index contributed by atoms with van der Waals surface area (Å²) in [6.45, 7) is 4.74. The van der Waals surface area contributed by atoms with E-state index in [0.717, 1.165) is 9.75 Å². The summed E-state index contributed by atoms with van der Waals surface area (Å²) in [7, 11) is -3.46. The van der Waals surface area contributed by atoms with Gasteiger partial charge in [0.2, 0.25) is 5.91 Å². The molecule has 0 bridgehead atoms. The number of amides is 1. The third-order valence-electron chi connectivity index (χ3n) is 4.00. The summed E-state index contributed by atoms with van der Waals surface area (Å²) >= 11 is 2.58. The number of sulfonamides is 1. The lowest BCUT2D eigenvalue weighted by atomic mass is 10.1. The molecule has 0 saturated carbocycles. The minimum absolute atomic E-state index is 0.0577. The minimum Gasteiger partial charge on any atom is -0.351 e.